The fourth-order valence-electron chi connectivity index (χ4n) is 2.66. The molecule has 1 N–H and O–H groups in total. The van der Waals surface area contributed by atoms with Crippen LogP contribution in [0.5, 0.6) is 0 Å². The molecule has 0 bridgehead atoms. The lowest BCUT2D eigenvalue weighted by atomic mass is 10.2. The maximum Gasteiger partial charge on any atom is 0.257 e. The molecule has 0 fully saturated rings. The summed E-state index contributed by atoms with van der Waals surface area (Å²) in [5, 5.41) is 7.53. The topological polar surface area (TPSA) is 51.9 Å². The Labute approximate surface area is 146 Å². The SMILES string of the molecule is CC[C@@H](C)NC(=O)c1c(C)nn(-c2ccc(F)cc2)c1-n1cccc1. The van der Waals surface area contributed by atoms with Crippen molar-refractivity contribution in [3.63, 3.8) is 0 Å². The monoisotopic (exact) mass is 340 g/mol. The summed E-state index contributed by atoms with van der Waals surface area (Å²) in [6.07, 6.45) is 4.56. The molecule has 1 aromatic carbocycles. The van der Waals surface area contributed by atoms with E-state index in [2.05, 4.69) is 10.4 Å². The minimum Gasteiger partial charge on any atom is -0.349 e. The van der Waals surface area contributed by atoms with Crippen molar-refractivity contribution in [2.75, 3.05) is 0 Å². The Bertz CT molecular complexity index is 866. The fourth-order valence-corrected chi connectivity index (χ4v) is 2.66. The zero-order valence-electron chi connectivity index (χ0n) is 14.5. The molecule has 0 spiro atoms. The van der Waals surface area contributed by atoms with Crippen LogP contribution in [0, 0.1) is 12.7 Å². The van der Waals surface area contributed by atoms with Crippen molar-refractivity contribution >= 4 is 5.91 Å². The molecule has 3 aromatic rings. The van der Waals surface area contributed by atoms with E-state index in [1.54, 1.807) is 23.7 Å². The number of benzene rings is 1. The molecule has 3 rings (SSSR count). The molecule has 1 amide bonds. The van der Waals surface area contributed by atoms with Crippen molar-refractivity contribution in [1.29, 1.82) is 0 Å². The summed E-state index contributed by atoms with van der Waals surface area (Å²) in [5.74, 6) is 0.156. The Morgan fingerprint density at radius 2 is 1.88 bits per heavy atom. The van der Waals surface area contributed by atoms with Crippen LogP contribution in [0.3, 0.4) is 0 Å². The molecule has 2 heterocycles. The summed E-state index contributed by atoms with van der Waals surface area (Å²) in [6.45, 7) is 5.79. The predicted molar refractivity (Wildman–Crippen MR) is 94.8 cm³/mol. The summed E-state index contributed by atoms with van der Waals surface area (Å²) in [5.41, 5.74) is 1.82. The molecule has 6 heteroatoms. The molecule has 0 radical (unpaired) electrons. The first-order valence-electron chi connectivity index (χ1n) is 8.31. The van der Waals surface area contributed by atoms with Crippen LogP contribution in [0.15, 0.2) is 48.8 Å². The van der Waals surface area contributed by atoms with Crippen LogP contribution in [0.2, 0.25) is 0 Å². The van der Waals surface area contributed by atoms with E-state index in [9.17, 15) is 9.18 Å². The van der Waals surface area contributed by atoms with Gasteiger partial charge >= 0.3 is 0 Å². The van der Waals surface area contributed by atoms with Gasteiger partial charge in [0.25, 0.3) is 5.91 Å². The number of carbonyl (C=O) groups is 1. The predicted octanol–water partition coefficient (Wildman–Crippen LogP) is 3.64. The highest BCUT2D eigenvalue weighted by molar-refractivity contribution is 5.98. The van der Waals surface area contributed by atoms with E-state index in [1.165, 1.54) is 12.1 Å². The lowest BCUT2D eigenvalue weighted by molar-refractivity contribution is 0.0938. The maximum absolute atomic E-state index is 13.3. The Kier molecular flexibility index (Phi) is 4.70. The van der Waals surface area contributed by atoms with E-state index >= 15 is 0 Å². The van der Waals surface area contributed by atoms with Crippen molar-refractivity contribution in [3.05, 3.63) is 65.9 Å². The molecular weight excluding hydrogens is 319 g/mol. The fraction of sp³-hybridized carbons (Fsp3) is 0.263. The van der Waals surface area contributed by atoms with E-state index in [1.807, 2.05) is 42.9 Å². The standard InChI is InChI=1S/C19H21FN4O/c1-4-13(2)21-18(25)17-14(3)22-24(16-9-7-15(20)8-10-16)19(17)23-11-5-6-12-23/h5-13H,4H2,1-3H3,(H,21,25)/t13-/m1/s1. The van der Waals surface area contributed by atoms with Gasteiger partial charge in [-0.3, -0.25) is 4.79 Å². The molecule has 1 atom stereocenters. The van der Waals surface area contributed by atoms with Crippen molar-refractivity contribution < 1.29 is 9.18 Å². The maximum atomic E-state index is 13.3. The summed E-state index contributed by atoms with van der Waals surface area (Å²) >= 11 is 0. The van der Waals surface area contributed by atoms with Gasteiger partial charge in [-0.25, -0.2) is 9.07 Å². The normalized spacial score (nSPS) is 12.2. The number of nitrogens with zero attached hydrogens (tertiary/aromatic N) is 3. The number of halogens is 1. The summed E-state index contributed by atoms with van der Waals surface area (Å²) < 4.78 is 16.8. The number of rotatable bonds is 5. The highest BCUT2D eigenvalue weighted by atomic mass is 19.1. The second-order valence-corrected chi connectivity index (χ2v) is 6.05. The summed E-state index contributed by atoms with van der Waals surface area (Å²) in [4.78, 5) is 12.8. The molecule has 0 saturated carbocycles. The van der Waals surface area contributed by atoms with Crippen LogP contribution in [-0.2, 0) is 0 Å². The van der Waals surface area contributed by atoms with E-state index in [4.69, 9.17) is 0 Å². The molecule has 130 valence electrons. The van der Waals surface area contributed by atoms with E-state index in [0.29, 0.717) is 22.8 Å². The lowest BCUT2D eigenvalue weighted by Gasteiger charge is -2.14. The van der Waals surface area contributed by atoms with Crippen molar-refractivity contribution in [2.24, 2.45) is 0 Å². The Morgan fingerprint density at radius 3 is 2.48 bits per heavy atom. The Balaban J connectivity index is 2.15. The van der Waals surface area contributed by atoms with Crippen molar-refractivity contribution in [1.82, 2.24) is 19.7 Å². The summed E-state index contributed by atoms with van der Waals surface area (Å²) in [6, 6.07) is 9.88. The number of hydrogen-bond acceptors (Lipinski definition) is 2. The van der Waals surface area contributed by atoms with Gasteiger partial charge < -0.3 is 9.88 Å². The van der Waals surface area contributed by atoms with Crippen molar-refractivity contribution in [2.45, 2.75) is 33.2 Å². The van der Waals surface area contributed by atoms with Gasteiger partial charge in [0.2, 0.25) is 0 Å². The van der Waals surface area contributed by atoms with Gasteiger partial charge in [-0.15, -0.1) is 0 Å². The number of carbonyl (C=O) groups excluding carboxylic acids is 1. The number of amides is 1. The molecular formula is C19H21FN4O. The lowest BCUT2D eigenvalue weighted by Crippen LogP contribution is -2.32. The van der Waals surface area contributed by atoms with Crippen LogP contribution in [0.4, 0.5) is 4.39 Å². The first kappa shape index (κ1) is 17.0. The molecule has 5 nitrogen and oxygen atoms in total. The van der Waals surface area contributed by atoms with Gasteiger partial charge in [-0.1, -0.05) is 6.92 Å². The quantitative estimate of drug-likeness (QED) is 0.771. The van der Waals surface area contributed by atoms with Crippen LogP contribution >= 0.6 is 0 Å². The first-order valence-corrected chi connectivity index (χ1v) is 8.31. The van der Waals surface area contributed by atoms with Crippen molar-refractivity contribution in [3.8, 4) is 11.5 Å². The van der Waals surface area contributed by atoms with Gasteiger partial charge in [-0.05, 0) is 56.7 Å². The summed E-state index contributed by atoms with van der Waals surface area (Å²) in [7, 11) is 0. The third-order valence-electron chi connectivity index (χ3n) is 4.17. The Morgan fingerprint density at radius 1 is 1.24 bits per heavy atom. The van der Waals surface area contributed by atoms with Crippen LogP contribution < -0.4 is 5.32 Å². The average Bonchev–Trinajstić information content (AvgIpc) is 3.22. The van der Waals surface area contributed by atoms with Gasteiger partial charge in [0.15, 0.2) is 5.82 Å². The third-order valence-corrected chi connectivity index (χ3v) is 4.17. The number of aryl methyl sites for hydroxylation is 1. The largest absolute Gasteiger partial charge is 0.349 e. The molecule has 2 aromatic heterocycles. The zero-order valence-corrected chi connectivity index (χ0v) is 14.5. The highest BCUT2D eigenvalue weighted by Gasteiger charge is 2.24. The second-order valence-electron chi connectivity index (χ2n) is 6.05. The third kappa shape index (κ3) is 3.33. The molecule has 0 saturated heterocycles. The average molecular weight is 340 g/mol. The van der Waals surface area contributed by atoms with Gasteiger partial charge in [0, 0.05) is 18.4 Å². The minimum absolute atomic E-state index is 0.0681. The number of aromatic nitrogens is 3. The van der Waals surface area contributed by atoms with Gasteiger partial charge in [0.1, 0.15) is 11.4 Å². The number of nitrogens with one attached hydrogen (secondary N) is 1. The molecule has 0 aliphatic carbocycles. The van der Waals surface area contributed by atoms with E-state index in [-0.39, 0.29) is 17.8 Å². The van der Waals surface area contributed by atoms with E-state index in [0.717, 1.165) is 6.42 Å². The highest BCUT2D eigenvalue weighted by Crippen LogP contribution is 2.23. The molecule has 25 heavy (non-hydrogen) atoms. The van der Waals surface area contributed by atoms with Gasteiger partial charge in [-0.2, -0.15) is 5.10 Å². The minimum atomic E-state index is -0.315. The first-order chi connectivity index (χ1) is 12.0. The zero-order chi connectivity index (χ0) is 18.0. The van der Waals surface area contributed by atoms with E-state index < -0.39 is 0 Å². The molecule has 0 unspecified atom stereocenters. The molecule has 0 aliphatic heterocycles. The van der Waals surface area contributed by atoms with Crippen LogP contribution in [0.25, 0.3) is 11.5 Å². The van der Waals surface area contributed by atoms with Crippen LogP contribution in [0.1, 0.15) is 36.3 Å². The smallest absolute Gasteiger partial charge is 0.257 e. The second kappa shape index (κ2) is 6.93. The van der Waals surface area contributed by atoms with Crippen LogP contribution in [-0.4, -0.2) is 26.3 Å². The Hall–Kier alpha value is -2.89. The molecule has 0 aliphatic rings. The van der Waals surface area contributed by atoms with Gasteiger partial charge in [0.05, 0.1) is 11.4 Å². The number of hydrogen-bond donors (Lipinski definition) is 1.